The highest BCUT2D eigenvalue weighted by atomic mass is 32.2. The predicted molar refractivity (Wildman–Crippen MR) is 81.3 cm³/mol. The molecule has 0 amide bonds. The third-order valence-electron chi connectivity index (χ3n) is 3.09. The van der Waals surface area contributed by atoms with Crippen LogP contribution in [-0.2, 0) is 10.0 Å². The van der Waals surface area contributed by atoms with E-state index in [1.54, 1.807) is 30.3 Å². The third kappa shape index (κ3) is 2.84. The van der Waals surface area contributed by atoms with Crippen molar-refractivity contribution < 1.29 is 8.42 Å². The van der Waals surface area contributed by atoms with Gasteiger partial charge in [0.1, 0.15) is 7.85 Å². The molecule has 0 spiro atoms. The standard InChI is InChI=1S/C14H13BN2O2S/c1-10-7-11(9-16)8-13(14(10)15)17-20(18,19)12-5-3-2-4-6-12/h2-8,17H,15H2,1H3. The maximum atomic E-state index is 12.3. The summed E-state index contributed by atoms with van der Waals surface area (Å²) in [4.78, 5) is 0.194. The molecule has 0 fully saturated rings. The fourth-order valence-corrected chi connectivity index (χ4v) is 2.97. The van der Waals surface area contributed by atoms with Crippen LogP contribution in [0.25, 0.3) is 0 Å². The molecule has 0 radical (unpaired) electrons. The van der Waals surface area contributed by atoms with Crippen molar-refractivity contribution in [1.82, 2.24) is 0 Å². The lowest BCUT2D eigenvalue weighted by Gasteiger charge is -2.13. The monoisotopic (exact) mass is 284 g/mol. The lowest BCUT2D eigenvalue weighted by Crippen LogP contribution is -2.21. The van der Waals surface area contributed by atoms with E-state index in [0.29, 0.717) is 11.3 Å². The van der Waals surface area contributed by atoms with Crippen LogP contribution in [0.1, 0.15) is 11.1 Å². The second-order valence-corrected chi connectivity index (χ2v) is 6.18. The molecular formula is C14H13BN2O2S. The van der Waals surface area contributed by atoms with Gasteiger partial charge in [0, 0.05) is 5.69 Å². The Bertz CT molecular complexity index is 781. The zero-order valence-corrected chi connectivity index (χ0v) is 12.0. The summed E-state index contributed by atoms with van der Waals surface area (Å²) < 4.78 is 27.1. The van der Waals surface area contributed by atoms with E-state index in [-0.39, 0.29) is 4.90 Å². The van der Waals surface area contributed by atoms with Gasteiger partial charge >= 0.3 is 0 Å². The largest absolute Gasteiger partial charge is 0.280 e. The number of nitriles is 1. The first kappa shape index (κ1) is 14.2. The quantitative estimate of drug-likeness (QED) is 0.852. The number of anilines is 1. The molecule has 2 aromatic carbocycles. The Morgan fingerprint density at radius 3 is 2.45 bits per heavy atom. The molecule has 2 rings (SSSR count). The Balaban J connectivity index is 2.45. The molecule has 0 aliphatic carbocycles. The average molecular weight is 284 g/mol. The topological polar surface area (TPSA) is 70.0 Å². The van der Waals surface area contributed by atoms with E-state index < -0.39 is 10.0 Å². The number of aryl methyl sites for hydroxylation is 1. The summed E-state index contributed by atoms with van der Waals surface area (Å²) in [7, 11) is -1.82. The number of rotatable bonds is 3. The van der Waals surface area contributed by atoms with Crippen LogP contribution in [0.15, 0.2) is 47.4 Å². The van der Waals surface area contributed by atoms with Gasteiger partial charge in [0.2, 0.25) is 0 Å². The SMILES string of the molecule is Bc1c(C)cc(C#N)cc1NS(=O)(=O)c1ccccc1. The molecule has 0 unspecified atom stereocenters. The van der Waals surface area contributed by atoms with Gasteiger partial charge in [-0.15, -0.1) is 0 Å². The molecule has 0 heterocycles. The minimum Gasteiger partial charge on any atom is -0.280 e. The van der Waals surface area contributed by atoms with E-state index >= 15 is 0 Å². The lowest BCUT2D eigenvalue weighted by molar-refractivity contribution is 0.601. The summed E-state index contributed by atoms with van der Waals surface area (Å²) in [6.07, 6.45) is 0. The van der Waals surface area contributed by atoms with Gasteiger partial charge < -0.3 is 0 Å². The molecule has 4 nitrogen and oxygen atoms in total. The van der Waals surface area contributed by atoms with Gasteiger partial charge in [0.25, 0.3) is 10.0 Å². The minimum absolute atomic E-state index is 0.194. The van der Waals surface area contributed by atoms with Crippen molar-refractivity contribution in [2.75, 3.05) is 4.72 Å². The maximum Gasteiger partial charge on any atom is 0.261 e. The highest BCUT2D eigenvalue weighted by Crippen LogP contribution is 2.16. The summed E-state index contributed by atoms with van der Waals surface area (Å²) in [6.45, 7) is 1.84. The first-order valence-corrected chi connectivity index (χ1v) is 7.51. The van der Waals surface area contributed by atoms with Crippen LogP contribution >= 0.6 is 0 Å². The highest BCUT2D eigenvalue weighted by Gasteiger charge is 2.15. The first-order chi connectivity index (χ1) is 9.44. The lowest BCUT2D eigenvalue weighted by atomic mass is 9.88. The maximum absolute atomic E-state index is 12.3. The van der Waals surface area contributed by atoms with Gasteiger partial charge in [0.15, 0.2) is 0 Å². The molecule has 0 saturated carbocycles. The summed E-state index contributed by atoms with van der Waals surface area (Å²) in [5.41, 5.74) is 2.54. The molecule has 0 aliphatic heterocycles. The van der Waals surface area contributed by atoms with E-state index in [1.807, 2.05) is 20.8 Å². The van der Waals surface area contributed by atoms with Crippen LogP contribution in [-0.4, -0.2) is 16.3 Å². The van der Waals surface area contributed by atoms with Crippen LogP contribution < -0.4 is 10.2 Å². The Morgan fingerprint density at radius 2 is 1.85 bits per heavy atom. The Hall–Kier alpha value is -2.26. The molecule has 0 saturated heterocycles. The van der Waals surface area contributed by atoms with Gasteiger partial charge in [-0.05, 0) is 31.2 Å². The van der Waals surface area contributed by atoms with Crippen molar-refractivity contribution in [2.45, 2.75) is 11.8 Å². The Labute approximate surface area is 119 Å². The van der Waals surface area contributed by atoms with Gasteiger partial charge in [-0.2, -0.15) is 5.26 Å². The highest BCUT2D eigenvalue weighted by molar-refractivity contribution is 7.92. The van der Waals surface area contributed by atoms with Crippen LogP contribution in [0.4, 0.5) is 5.69 Å². The van der Waals surface area contributed by atoms with Crippen LogP contribution in [0.2, 0.25) is 0 Å². The molecule has 0 atom stereocenters. The van der Waals surface area contributed by atoms with Gasteiger partial charge in [-0.3, -0.25) is 4.72 Å². The Kier molecular flexibility index (Phi) is 3.82. The second-order valence-electron chi connectivity index (χ2n) is 4.50. The number of benzene rings is 2. The van der Waals surface area contributed by atoms with Crippen molar-refractivity contribution in [1.29, 1.82) is 5.26 Å². The number of nitrogens with one attached hydrogen (secondary N) is 1. The summed E-state index contributed by atoms with van der Waals surface area (Å²) in [5, 5.41) is 8.97. The van der Waals surface area contributed by atoms with Crippen LogP contribution in [0, 0.1) is 18.3 Å². The summed E-state index contributed by atoms with van der Waals surface area (Å²) >= 11 is 0. The van der Waals surface area contributed by atoms with E-state index in [2.05, 4.69) is 4.72 Å². The van der Waals surface area contributed by atoms with Crippen molar-refractivity contribution in [3.05, 3.63) is 53.6 Å². The van der Waals surface area contributed by atoms with Gasteiger partial charge in [-0.1, -0.05) is 29.2 Å². The number of hydrogen-bond donors (Lipinski definition) is 1. The predicted octanol–water partition coefficient (Wildman–Crippen LogP) is 0.926. The zero-order valence-electron chi connectivity index (χ0n) is 11.2. The Morgan fingerprint density at radius 1 is 1.20 bits per heavy atom. The summed E-state index contributed by atoms with van der Waals surface area (Å²) in [6, 6.07) is 13.4. The molecule has 0 aliphatic rings. The molecular weight excluding hydrogens is 271 g/mol. The average Bonchev–Trinajstić information content (AvgIpc) is 2.44. The third-order valence-corrected chi connectivity index (χ3v) is 4.48. The molecule has 1 N–H and O–H groups in total. The van der Waals surface area contributed by atoms with Gasteiger partial charge in [0.05, 0.1) is 16.5 Å². The molecule has 6 heteroatoms. The van der Waals surface area contributed by atoms with E-state index in [4.69, 9.17) is 5.26 Å². The first-order valence-electron chi connectivity index (χ1n) is 6.03. The molecule has 20 heavy (non-hydrogen) atoms. The fraction of sp³-hybridized carbons (Fsp3) is 0.0714. The van der Waals surface area contributed by atoms with Gasteiger partial charge in [-0.25, -0.2) is 8.42 Å². The van der Waals surface area contributed by atoms with Crippen molar-refractivity contribution in [2.24, 2.45) is 0 Å². The fourth-order valence-electron chi connectivity index (χ4n) is 1.83. The summed E-state index contributed by atoms with van der Waals surface area (Å²) in [5.74, 6) is 0. The number of nitrogens with zero attached hydrogens (tertiary/aromatic N) is 1. The zero-order chi connectivity index (χ0) is 14.8. The van der Waals surface area contributed by atoms with Crippen LogP contribution in [0.3, 0.4) is 0 Å². The molecule has 100 valence electrons. The number of hydrogen-bond acceptors (Lipinski definition) is 3. The smallest absolute Gasteiger partial charge is 0.261 e. The second kappa shape index (κ2) is 5.39. The van der Waals surface area contributed by atoms with E-state index in [1.165, 1.54) is 12.1 Å². The molecule has 2 aromatic rings. The van der Waals surface area contributed by atoms with Crippen LogP contribution in [0.5, 0.6) is 0 Å². The van der Waals surface area contributed by atoms with Crippen molar-refractivity contribution >= 4 is 29.0 Å². The normalized spacial score (nSPS) is 10.8. The number of sulfonamides is 1. The minimum atomic E-state index is -3.64. The van der Waals surface area contributed by atoms with Crippen molar-refractivity contribution in [3.63, 3.8) is 0 Å². The van der Waals surface area contributed by atoms with Crippen molar-refractivity contribution in [3.8, 4) is 6.07 Å². The van der Waals surface area contributed by atoms with E-state index in [0.717, 1.165) is 11.0 Å². The molecule has 0 bridgehead atoms. The van der Waals surface area contributed by atoms with E-state index in [9.17, 15) is 8.42 Å². The molecule has 0 aromatic heterocycles.